The van der Waals surface area contributed by atoms with Crippen LogP contribution in [0.2, 0.25) is 0 Å². The molecule has 0 saturated heterocycles. The van der Waals surface area contributed by atoms with Crippen LogP contribution in [0.3, 0.4) is 0 Å². The van der Waals surface area contributed by atoms with Gasteiger partial charge < -0.3 is 10.2 Å². The second kappa shape index (κ2) is 10.2. The van der Waals surface area contributed by atoms with E-state index in [1.807, 2.05) is 21.0 Å². The van der Waals surface area contributed by atoms with Gasteiger partial charge in [-0.05, 0) is 50.7 Å². The van der Waals surface area contributed by atoms with E-state index < -0.39 is 4.92 Å². The maximum atomic E-state index is 12.5. The smallest absolute Gasteiger partial charge is 0.269 e. The highest BCUT2D eigenvalue weighted by Crippen LogP contribution is 2.26. The largest absolute Gasteiger partial charge is 0.353 e. The van der Waals surface area contributed by atoms with Crippen molar-refractivity contribution in [1.29, 1.82) is 0 Å². The maximum absolute atomic E-state index is 12.5. The number of nitrogens with one attached hydrogen (secondary N) is 1. The summed E-state index contributed by atoms with van der Waals surface area (Å²) in [5.41, 5.74) is 2.50. The van der Waals surface area contributed by atoms with Gasteiger partial charge >= 0.3 is 0 Å². The van der Waals surface area contributed by atoms with Crippen LogP contribution in [0, 0.1) is 10.1 Å². The van der Waals surface area contributed by atoms with Crippen LogP contribution in [0.5, 0.6) is 0 Å². The molecule has 0 aromatic heterocycles. The molecule has 0 saturated carbocycles. The van der Waals surface area contributed by atoms with E-state index in [-0.39, 0.29) is 22.9 Å². The van der Waals surface area contributed by atoms with Gasteiger partial charge in [0.2, 0.25) is 5.91 Å². The number of nitro groups is 1. The van der Waals surface area contributed by atoms with Crippen molar-refractivity contribution in [2.45, 2.75) is 36.5 Å². The second-order valence-electron chi connectivity index (χ2n) is 6.83. The van der Waals surface area contributed by atoms with Gasteiger partial charge in [0.05, 0.1) is 16.2 Å². The topological polar surface area (TPSA) is 75.5 Å². The van der Waals surface area contributed by atoms with E-state index in [0.717, 1.165) is 16.9 Å². The maximum Gasteiger partial charge on any atom is 0.269 e. The number of hydrogen-bond acceptors (Lipinski definition) is 5. The van der Waals surface area contributed by atoms with E-state index >= 15 is 0 Å². The van der Waals surface area contributed by atoms with Gasteiger partial charge in [0.1, 0.15) is 0 Å². The molecule has 0 aliphatic carbocycles. The number of nitrogens with zero attached hydrogens (tertiary/aromatic N) is 2. The van der Waals surface area contributed by atoms with Gasteiger partial charge in [0, 0.05) is 23.6 Å². The highest BCUT2D eigenvalue weighted by molar-refractivity contribution is 8.00. The lowest BCUT2D eigenvalue weighted by atomic mass is 10.0. The quantitative estimate of drug-likeness (QED) is 0.390. The molecule has 0 bridgehead atoms. The van der Waals surface area contributed by atoms with Crippen LogP contribution in [-0.4, -0.2) is 41.6 Å². The summed E-state index contributed by atoms with van der Waals surface area (Å²) in [6.45, 7) is 4.48. The first-order valence-electron chi connectivity index (χ1n) is 9.26. The van der Waals surface area contributed by atoms with Crippen molar-refractivity contribution < 1.29 is 9.72 Å². The van der Waals surface area contributed by atoms with Gasteiger partial charge in [-0.1, -0.05) is 31.2 Å². The number of nitro benzene ring substituents is 1. The summed E-state index contributed by atoms with van der Waals surface area (Å²) in [6.07, 6.45) is 1.00. The molecular formula is C21H27N3O3S. The average Bonchev–Trinajstić information content (AvgIpc) is 2.68. The Hall–Kier alpha value is -2.38. The predicted molar refractivity (Wildman–Crippen MR) is 114 cm³/mol. The summed E-state index contributed by atoms with van der Waals surface area (Å²) in [6, 6.07) is 14.8. The van der Waals surface area contributed by atoms with Crippen molar-refractivity contribution in [2.75, 3.05) is 20.6 Å². The first-order valence-corrected chi connectivity index (χ1v) is 10.1. The fraction of sp³-hybridized carbons (Fsp3) is 0.381. The van der Waals surface area contributed by atoms with Gasteiger partial charge in [0.15, 0.2) is 0 Å². The highest BCUT2D eigenvalue weighted by Gasteiger charge is 2.19. The monoisotopic (exact) mass is 401 g/mol. The van der Waals surface area contributed by atoms with E-state index in [2.05, 4.69) is 41.4 Å². The minimum Gasteiger partial charge on any atom is -0.353 e. The van der Waals surface area contributed by atoms with E-state index in [1.54, 1.807) is 12.1 Å². The molecule has 0 fully saturated rings. The molecule has 28 heavy (non-hydrogen) atoms. The lowest BCUT2D eigenvalue weighted by molar-refractivity contribution is -0.384. The van der Waals surface area contributed by atoms with Crippen molar-refractivity contribution in [2.24, 2.45) is 0 Å². The van der Waals surface area contributed by atoms with Crippen molar-refractivity contribution in [3.63, 3.8) is 0 Å². The lowest BCUT2D eigenvalue weighted by Crippen LogP contribution is -2.38. The number of carbonyl (C=O) groups excluding carboxylic acids is 1. The zero-order valence-corrected chi connectivity index (χ0v) is 17.5. The Balaban J connectivity index is 1.94. The molecular weight excluding hydrogens is 374 g/mol. The van der Waals surface area contributed by atoms with E-state index in [0.29, 0.717) is 6.54 Å². The molecule has 7 heteroatoms. The average molecular weight is 402 g/mol. The Bertz CT molecular complexity index is 792. The molecule has 2 rings (SSSR count). The van der Waals surface area contributed by atoms with Crippen LogP contribution in [0.15, 0.2) is 53.4 Å². The van der Waals surface area contributed by atoms with Crippen LogP contribution < -0.4 is 5.32 Å². The molecule has 6 nitrogen and oxygen atoms in total. The van der Waals surface area contributed by atoms with Crippen molar-refractivity contribution in [3.05, 3.63) is 69.8 Å². The third-order valence-electron chi connectivity index (χ3n) is 4.60. The molecule has 0 aliphatic rings. The molecule has 0 radical (unpaired) electrons. The van der Waals surface area contributed by atoms with E-state index in [1.165, 1.54) is 29.5 Å². The minimum absolute atomic E-state index is 0.0457. The van der Waals surface area contributed by atoms with Gasteiger partial charge in [-0.15, -0.1) is 11.8 Å². The Labute approximate surface area is 170 Å². The fourth-order valence-electron chi connectivity index (χ4n) is 2.82. The number of thioether (sulfide) groups is 1. The van der Waals surface area contributed by atoms with Crippen molar-refractivity contribution >= 4 is 23.4 Å². The standard InChI is InChI=1S/C21H27N3O3S/c1-5-16-6-8-17(9-7-16)20(23(3)4)14-22-21(25)15(2)28-19-12-10-18(11-13-19)24(26)27/h6-13,15,20H,5,14H2,1-4H3,(H,22,25). The summed E-state index contributed by atoms with van der Waals surface area (Å²) >= 11 is 1.38. The Kier molecular flexibility index (Phi) is 8.02. The van der Waals surface area contributed by atoms with Crippen molar-refractivity contribution in [1.82, 2.24) is 10.2 Å². The summed E-state index contributed by atoms with van der Waals surface area (Å²) in [5, 5.41) is 13.5. The summed E-state index contributed by atoms with van der Waals surface area (Å²) in [5.74, 6) is -0.0552. The number of rotatable bonds is 9. The van der Waals surface area contributed by atoms with Crippen LogP contribution >= 0.6 is 11.8 Å². The first-order chi connectivity index (χ1) is 13.3. The van der Waals surface area contributed by atoms with Gasteiger partial charge in [-0.2, -0.15) is 0 Å². The SMILES string of the molecule is CCc1ccc(C(CNC(=O)C(C)Sc2ccc([N+](=O)[O-])cc2)N(C)C)cc1. The molecule has 0 spiro atoms. The highest BCUT2D eigenvalue weighted by atomic mass is 32.2. The number of non-ortho nitro benzene ring substituents is 1. The third-order valence-corrected chi connectivity index (χ3v) is 5.71. The van der Waals surface area contributed by atoms with Crippen LogP contribution in [0.1, 0.15) is 31.0 Å². The van der Waals surface area contributed by atoms with Gasteiger partial charge in [0.25, 0.3) is 5.69 Å². The number of aryl methyl sites for hydroxylation is 1. The molecule has 2 aromatic rings. The Morgan fingerprint density at radius 1 is 1.14 bits per heavy atom. The van der Waals surface area contributed by atoms with Crippen molar-refractivity contribution in [3.8, 4) is 0 Å². The second-order valence-corrected chi connectivity index (χ2v) is 8.24. The number of hydrogen-bond donors (Lipinski definition) is 1. The number of carbonyl (C=O) groups is 1. The molecule has 2 aromatic carbocycles. The molecule has 1 amide bonds. The van der Waals surface area contributed by atoms with Gasteiger partial charge in [-0.25, -0.2) is 0 Å². The Morgan fingerprint density at radius 3 is 2.25 bits per heavy atom. The number of likely N-dealkylation sites (N-methyl/N-ethyl adjacent to an activating group) is 1. The van der Waals surface area contributed by atoms with Crippen LogP contribution in [0.4, 0.5) is 5.69 Å². The molecule has 1 N–H and O–H groups in total. The summed E-state index contributed by atoms with van der Waals surface area (Å²) in [7, 11) is 4.00. The molecule has 2 unspecified atom stereocenters. The molecule has 2 atom stereocenters. The lowest BCUT2D eigenvalue weighted by Gasteiger charge is -2.26. The van der Waals surface area contributed by atoms with Gasteiger partial charge in [-0.3, -0.25) is 14.9 Å². The number of amides is 1. The minimum atomic E-state index is -0.432. The zero-order chi connectivity index (χ0) is 20.7. The van der Waals surface area contributed by atoms with Crippen LogP contribution in [-0.2, 0) is 11.2 Å². The van der Waals surface area contributed by atoms with Crippen LogP contribution in [0.25, 0.3) is 0 Å². The third kappa shape index (κ3) is 6.07. The molecule has 150 valence electrons. The summed E-state index contributed by atoms with van der Waals surface area (Å²) < 4.78 is 0. The van der Waals surface area contributed by atoms with E-state index in [9.17, 15) is 14.9 Å². The number of benzene rings is 2. The fourth-order valence-corrected chi connectivity index (χ4v) is 3.71. The summed E-state index contributed by atoms with van der Waals surface area (Å²) in [4.78, 5) is 25.7. The molecule has 0 heterocycles. The molecule has 0 aliphatic heterocycles. The first kappa shape index (κ1) is 21.9. The predicted octanol–water partition coefficient (Wildman–Crippen LogP) is 4.06. The zero-order valence-electron chi connectivity index (χ0n) is 16.7. The van der Waals surface area contributed by atoms with E-state index in [4.69, 9.17) is 0 Å². The Morgan fingerprint density at radius 2 is 1.75 bits per heavy atom. The normalized spacial score (nSPS) is 13.2.